The zero-order valence-corrected chi connectivity index (χ0v) is 12.6. The topological polar surface area (TPSA) is 75.6 Å². The molecule has 5 heteroatoms. The first-order chi connectivity index (χ1) is 11.1. The van der Waals surface area contributed by atoms with Crippen LogP contribution in [-0.4, -0.2) is 29.6 Å². The van der Waals surface area contributed by atoms with Crippen molar-refractivity contribution in [3.63, 3.8) is 0 Å². The summed E-state index contributed by atoms with van der Waals surface area (Å²) in [5.41, 5.74) is 1.81. The molecule has 1 atom stereocenters. The van der Waals surface area contributed by atoms with Gasteiger partial charge in [0.25, 0.3) is 0 Å². The van der Waals surface area contributed by atoms with Crippen LogP contribution < -0.4 is 5.32 Å². The highest BCUT2D eigenvalue weighted by atomic mass is 16.5. The van der Waals surface area contributed by atoms with Crippen molar-refractivity contribution in [3.05, 3.63) is 71.8 Å². The van der Waals surface area contributed by atoms with Gasteiger partial charge in [0.15, 0.2) is 0 Å². The van der Waals surface area contributed by atoms with Gasteiger partial charge in [-0.3, -0.25) is 4.79 Å². The fraction of sp³-hybridized carbons (Fsp3) is 0.222. The second kappa shape index (κ2) is 8.70. The van der Waals surface area contributed by atoms with E-state index in [-0.39, 0.29) is 13.0 Å². The van der Waals surface area contributed by atoms with Crippen molar-refractivity contribution in [2.75, 3.05) is 6.61 Å². The van der Waals surface area contributed by atoms with Gasteiger partial charge in [0.05, 0.1) is 6.61 Å². The third kappa shape index (κ3) is 5.92. The molecule has 0 fully saturated rings. The van der Waals surface area contributed by atoms with Gasteiger partial charge < -0.3 is 15.2 Å². The SMILES string of the molecule is O=C(COCc1ccccc1)N[C@@H](Cc1ccccc1)C(=O)O. The number of hydrogen-bond donors (Lipinski definition) is 2. The number of benzene rings is 2. The summed E-state index contributed by atoms with van der Waals surface area (Å²) in [7, 11) is 0. The molecular formula is C18H19NO4. The number of ether oxygens (including phenoxy) is 1. The van der Waals surface area contributed by atoms with Gasteiger partial charge in [-0.05, 0) is 11.1 Å². The van der Waals surface area contributed by atoms with Gasteiger partial charge in [0, 0.05) is 6.42 Å². The summed E-state index contributed by atoms with van der Waals surface area (Å²) in [5, 5.41) is 11.7. The molecule has 0 saturated heterocycles. The minimum absolute atomic E-state index is 0.173. The molecular weight excluding hydrogens is 294 g/mol. The summed E-state index contributed by atoms with van der Waals surface area (Å²) in [6.07, 6.45) is 0.237. The highest BCUT2D eigenvalue weighted by Gasteiger charge is 2.20. The molecule has 2 rings (SSSR count). The predicted molar refractivity (Wildman–Crippen MR) is 85.8 cm³/mol. The largest absolute Gasteiger partial charge is 0.480 e. The summed E-state index contributed by atoms with van der Waals surface area (Å²) in [6.45, 7) is 0.137. The molecule has 0 aliphatic rings. The number of aliphatic carboxylic acids is 1. The number of amides is 1. The first-order valence-corrected chi connectivity index (χ1v) is 7.33. The summed E-state index contributed by atoms with van der Waals surface area (Å²) in [6, 6.07) is 17.7. The summed E-state index contributed by atoms with van der Waals surface area (Å²) < 4.78 is 5.31. The van der Waals surface area contributed by atoms with E-state index >= 15 is 0 Å². The maximum Gasteiger partial charge on any atom is 0.326 e. The molecule has 0 bridgehead atoms. The number of carbonyl (C=O) groups is 2. The molecule has 0 unspecified atom stereocenters. The summed E-state index contributed by atoms with van der Waals surface area (Å²) >= 11 is 0. The fourth-order valence-electron chi connectivity index (χ4n) is 2.12. The summed E-state index contributed by atoms with van der Waals surface area (Å²) in [5.74, 6) is -1.51. The predicted octanol–water partition coefficient (Wildman–Crippen LogP) is 2.02. The van der Waals surface area contributed by atoms with Crippen LogP contribution in [0.3, 0.4) is 0 Å². The minimum Gasteiger partial charge on any atom is -0.480 e. The van der Waals surface area contributed by atoms with E-state index in [1.807, 2.05) is 60.7 Å². The maximum atomic E-state index is 11.8. The number of carboxylic acid groups (broad SMARTS) is 1. The van der Waals surface area contributed by atoms with Crippen LogP contribution in [0.1, 0.15) is 11.1 Å². The van der Waals surface area contributed by atoms with Gasteiger partial charge in [-0.1, -0.05) is 60.7 Å². The summed E-state index contributed by atoms with van der Waals surface area (Å²) in [4.78, 5) is 23.1. The number of rotatable bonds is 8. The number of nitrogens with one attached hydrogen (secondary N) is 1. The average Bonchev–Trinajstić information content (AvgIpc) is 2.56. The zero-order valence-electron chi connectivity index (χ0n) is 12.6. The Morgan fingerprint density at radius 2 is 1.52 bits per heavy atom. The second-order valence-corrected chi connectivity index (χ2v) is 5.13. The Hall–Kier alpha value is -2.66. The molecule has 0 aliphatic carbocycles. The van der Waals surface area contributed by atoms with Crippen molar-refractivity contribution >= 4 is 11.9 Å². The van der Waals surface area contributed by atoms with Crippen molar-refractivity contribution < 1.29 is 19.4 Å². The van der Waals surface area contributed by atoms with E-state index < -0.39 is 17.9 Å². The fourth-order valence-corrected chi connectivity index (χ4v) is 2.12. The highest BCUT2D eigenvalue weighted by Crippen LogP contribution is 2.04. The third-order valence-corrected chi connectivity index (χ3v) is 3.26. The lowest BCUT2D eigenvalue weighted by Gasteiger charge is -2.14. The van der Waals surface area contributed by atoms with Crippen LogP contribution in [0, 0.1) is 0 Å². The molecule has 1 amide bonds. The Morgan fingerprint density at radius 3 is 2.09 bits per heavy atom. The molecule has 0 spiro atoms. The molecule has 23 heavy (non-hydrogen) atoms. The zero-order chi connectivity index (χ0) is 16.5. The lowest BCUT2D eigenvalue weighted by molar-refractivity contribution is -0.142. The molecule has 0 heterocycles. The van der Waals surface area contributed by atoms with E-state index in [1.54, 1.807) is 0 Å². The van der Waals surface area contributed by atoms with Crippen molar-refractivity contribution in [2.24, 2.45) is 0 Å². The Morgan fingerprint density at radius 1 is 0.957 bits per heavy atom. The molecule has 0 radical (unpaired) electrons. The van der Waals surface area contributed by atoms with Crippen LogP contribution in [0.4, 0.5) is 0 Å². The van der Waals surface area contributed by atoms with Crippen molar-refractivity contribution in [1.82, 2.24) is 5.32 Å². The highest BCUT2D eigenvalue weighted by molar-refractivity contribution is 5.84. The normalized spacial score (nSPS) is 11.7. The van der Waals surface area contributed by atoms with Gasteiger partial charge in [0.2, 0.25) is 5.91 Å². The first kappa shape index (κ1) is 16.7. The van der Waals surface area contributed by atoms with Gasteiger partial charge in [-0.25, -0.2) is 4.79 Å². The maximum absolute atomic E-state index is 11.8. The van der Waals surface area contributed by atoms with E-state index in [4.69, 9.17) is 4.74 Å². The Bertz CT molecular complexity index is 628. The van der Waals surface area contributed by atoms with Gasteiger partial charge >= 0.3 is 5.97 Å². The smallest absolute Gasteiger partial charge is 0.326 e. The average molecular weight is 313 g/mol. The monoisotopic (exact) mass is 313 g/mol. The van der Waals surface area contributed by atoms with E-state index in [0.29, 0.717) is 6.61 Å². The molecule has 2 aromatic rings. The van der Waals surface area contributed by atoms with Crippen molar-refractivity contribution in [2.45, 2.75) is 19.1 Å². The number of hydrogen-bond acceptors (Lipinski definition) is 3. The molecule has 0 saturated carbocycles. The van der Waals surface area contributed by atoms with Crippen LogP contribution in [0.15, 0.2) is 60.7 Å². The number of carbonyl (C=O) groups excluding carboxylic acids is 1. The van der Waals surface area contributed by atoms with Gasteiger partial charge in [-0.2, -0.15) is 0 Å². The molecule has 5 nitrogen and oxygen atoms in total. The molecule has 0 aromatic heterocycles. The Labute approximate surface area is 134 Å². The van der Waals surface area contributed by atoms with Crippen molar-refractivity contribution in [3.8, 4) is 0 Å². The molecule has 2 N–H and O–H groups in total. The Kier molecular flexibility index (Phi) is 6.32. The number of carboxylic acids is 1. The van der Waals surface area contributed by atoms with Crippen LogP contribution in [-0.2, 0) is 27.4 Å². The van der Waals surface area contributed by atoms with Crippen LogP contribution in [0.2, 0.25) is 0 Å². The standard InChI is InChI=1S/C18H19NO4/c20-17(13-23-12-15-9-5-2-6-10-15)19-16(18(21)22)11-14-7-3-1-4-8-14/h1-10,16H,11-13H2,(H,19,20)(H,21,22)/t16-/m0/s1. The van der Waals surface area contributed by atoms with E-state index in [2.05, 4.69) is 5.32 Å². The lowest BCUT2D eigenvalue weighted by atomic mass is 10.1. The van der Waals surface area contributed by atoms with E-state index in [9.17, 15) is 14.7 Å². The third-order valence-electron chi connectivity index (χ3n) is 3.26. The lowest BCUT2D eigenvalue weighted by Crippen LogP contribution is -2.43. The Balaban J connectivity index is 1.80. The molecule has 2 aromatic carbocycles. The minimum atomic E-state index is -1.06. The van der Waals surface area contributed by atoms with Crippen LogP contribution >= 0.6 is 0 Å². The van der Waals surface area contributed by atoms with Crippen LogP contribution in [0.5, 0.6) is 0 Å². The quantitative estimate of drug-likeness (QED) is 0.782. The molecule has 0 aliphatic heterocycles. The van der Waals surface area contributed by atoms with Crippen LogP contribution in [0.25, 0.3) is 0 Å². The first-order valence-electron chi connectivity index (χ1n) is 7.33. The second-order valence-electron chi connectivity index (χ2n) is 5.13. The molecule has 120 valence electrons. The van der Waals surface area contributed by atoms with Gasteiger partial charge in [-0.15, -0.1) is 0 Å². The van der Waals surface area contributed by atoms with Crippen molar-refractivity contribution in [1.29, 1.82) is 0 Å². The van der Waals surface area contributed by atoms with Gasteiger partial charge in [0.1, 0.15) is 12.6 Å². The van der Waals surface area contributed by atoms with E-state index in [1.165, 1.54) is 0 Å². The van der Waals surface area contributed by atoms with E-state index in [0.717, 1.165) is 11.1 Å².